The highest BCUT2D eigenvalue weighted by Gasteiger charge is 2.16. The number of thiocarbonyl (C=S) groups is 1. The first-order chi connectivity index (χ1) is 9.67. The molecule has 0 saturated carbocycles. The molecule has 1 aromatic heterocycles. The van der Waals surface area contributed by atoms with E-state index in [2.05, 4.69) is 17.9 Å². The van der Waals surface area contributed by atoms with E-state index in [-0.39, 0.29) is 0 Å². The molecule has 0 aliphatic rings. The zero-order chi connectivity index (χ0) is 14.5. The Hall–Kier alpha value is -1.46. The van der Waals surface area contributed by atoms with Gasteiger partial charge in [-0.15, -0.1) is 11.8 Å². The molecule has 2 N–H and O–H groups in total. The summed E-state index contributed by atoms with van der Waals surface area (Å²) in [5.41, 5.74) is 7.93. The SMILES string of the molecule is CCN(Cc1ccco1)c1cccc(SC)c1C(N)=S. The second-order valence-electron chi connectivity index (χ2n) is 4.31. The minimum atomic E-state index is 0.433. The average Bonchev–Trinajstić information content (AvgIpc) is 2.96. The van der Waals surface area contributed by atoms with Gasteiger partial charge in [0.05, 0.1) is 12.8 Å². The van der Waals surface area contributed by atoms with Crippen molar-refractivity contribution in [1.29, 1.82) is 0 Å². The Kier molecular flexibility index (Phi) is 5.09. The maximum atomic E-state index is 5.92. The second-order valence-corrected chi connectivity index (χ2v) is 5.60. The molecule has 0 aliphatic carbocycles. The van der Waals surface area contributed by atoms with E-state index in [1.54, 1.807) is 18.0 Å². The fourth-order valence-corrected chi connectivity index (χ4v) is 3.07. The first-order valence-corrected chi connectivity index (χ1v) is 8.04. The van der Waals surface area contributed by atoms with Crippen LogP contribution in [-0.4, -0.2) is 17.8 Å². The first kappa shape index (κ1) is 14.9. The van der Waals surface area contributed by atoms with Crippen LogP contribution >= 0.6 is 24.0 Å². The molecule has 0 bridgehead atoms. The molecular weight excluding hydrogens is 288 g/mol. The molecule has 0 aliphatic heterocycles. The van der Waals surface area contributed by atoms with Crippen LogP contribution in [0.15, 0.2) is 45.9 Å². The highest BCUT2D eigenvalue weighted by atomic mass is 32.2. The number of furan rings is 1. The predicted molar refractivity (Wildman–Crippen MR) is 89.5 cm³/mol. The Bertz CT molecular complexity index is 582. The van der Waals surface area contributed by atoms with Crippen LogP contribution in [0.3, 0.4) is 0 Å². The number of rotatable bonds is 6. The molecule has 2 rings (SSSR count). The number of nitrogens with zero attached hydrogens (tertiary/aromatic N) is 1. The van der Waals surface area contributed by atoms with Crippen LogP contribution in [0.1, 0.15) is 18.2 Å². The Morgan fingerprint density at radius 1 is 1.35 bits per heavy atom. The van der Waals surface area contributed by atoms with E-state index in [0.29, 0.717) is 11.5 Å². The smallest absolute Gasteiger partial charge is 0.123 e. The van der Waals surface area contributed by atoms with Crippen molar-refractivity contribution in [2.24, 2.45) is 5.73 Å². The summed E-state index contributed by atoms with van der Waals surface area (Å²) in [5.74, 6) is 0.926. The molecule has 0 radical (unpaired) electrons. The van der Waals surface area contributed by atoms with Crippen LogP contribution in [0.25, 0.3) is 0 Å². The standard InChI is InChI=1S/C15H18N2OS2/c1-3-17(10-11-6-5-9-18-11)12-7-4-8-13(20-2)14(12)15(16)19/h4-9H,3,10H2,1-2H3,(H2,16,19). The summed E-state index contributed by atoms with van der Waals surface area (Å²) in [6.45, 7) is 3.67. The number of anilines is 1. The van der Waals surface area contributed by atoms with Crippen molar-refractivity contribution >= 4 is 34.7 Å². The monoisotopic (exact) mass is 306 g/mol. The number of hydrogen-bond donors (Lipinski definition) is 1. The third kappa shape index (κ3) is 3.16. The molecule has 0 atom stereocenters. The van der Waals surface area contributed by atoms with E-state index >= 15 is 0 Å². The molecule has 0 saturated heterocycles. The van der Waals surface area contributed by atoms with Crippen molar-refractivity contribution in [2.75, 3.05) is 17.7 Å². The van der Waals surface area contributed by atoms with Gasteiger partial charge in [-0.3, -0.25) is 0 Å². The fraction of sp³-hybridized carbons (Fsp3) is 0.267. The van der Waals surface area contributed by atoms with Crippen molar-refractivity contribution in [2.45, 2.75) is 18.4 Å². The number of nitrogens with two attached hydrogens (primary N) is 1. The van der Waals surface area contributed by atoms with Crippen molar-refractivity contribution in [3.63, 3.8) is 0 Å². The van der Waals surface area contributed by atoms with Crippen LogP contribution in [0.5, 0.6) is 0 Å². The maximum Gasteiger partial charge on any atom is 0.123 e. The summed E-state index contributed by atoms with van der Waals surface area (Å²) in [4.78, 5) is 3.75. The molecule has 5 heteroatoms. The third-order valence-electron chi connectivity index (χ3n) is 3.12. The first-order valence-electron chi connectivity index (χ1n) is 6.41. The lowest BCUT2D eigenvalue weighted by atomic mass is 10.1. The number of hydrogen-bond acceptors (Lipinski definition) is 4. The zero-order valence-electron chi connectivity index (χ0n) is 11.6. The van der Waals surface area contributed by atoms with Gasteiger partial charge in [-0.1, -0.05) is 18.3 Å². The van der Waals surface area contributed by atoms with Crippen molar-refractivity contribution in [3.8, 4) is 0 Å². The lowest BCUT2D eigenvalue weighted by molar-refractivity contribution is 0.503. The maximum absolute atomic E-state index is 5.92. The summed E-state index contributed by atoms with van der Waals surface area (Å²) in [6.07, 6.45) is 3.72. The van der Waals surface area contributed by atoms with Gasteiger partial charge in [0.15, 0.2) is 0 Å². The van der Waals surface area contributed by atoms with Gasteiger partial charge in [-0.2, -0.15) is 0 Å². The van der Waals surface area contributed by atoms with Crippen LogP contribution < -0.4 is 10.6 Å². The van der Waals surface area contributed by atoms with Gasteiger partial charge in [0.1, 0.15) is 10.7 Å². The third-order valence-corrected chi connectivity index (χ3v) is 4.10. The molecule has 1 heterocycles. The Balaban J connectivity index is 2.41. The van der Waals surface area contributed by atoms with Crippen LogP contribution in [0.4, 0.5) is 5.69 Å². The van der Waals surface area contributed by atoms with Crippen LogP contribution in [0.2, 0.25) is 0 Å². The molecule has 106 valence electrons. The highest BCUT2D eigenvalue weighted by Crippen LogP contribution is 2.30. The van der Waals surface area contributed by atoms with E-state index in [1.807, 2.05) is 30.5 Å². The van der Waals surface area contributed by atoms with Gasteiger partial charge in [0.25, 0.3) is 0 Å². The average molecular weight is 306 g/mol. The van der Waals surface area contributed by atoms with Gasteiger partial charge >= 0.3 is 0 Å². The Morgan fingerprint density at radius 3 is 2.70 bits per heavy atom. The summed E-state index contributed by atoms with van der Waals surface area (Å²) in [5, 5.41) is 0. The normalized spacial score (nSPS) is 10.5. The molecule has 3 nitrogen and oxygen atoms in total. The van der Waals surface area contributed by atoms with Crippen molar-refractivity contribution in [1.82, 2.24) is 0 Å². The molecule has 20 heavy (non-hydrogen) atoms. The Morgan fingerprint density at radius 2 is 2.15 bits per heavy atom. The molecule has 0 fully saturated rings. The van der Waals surface area contributed by atoms with Crippen molar-refractivity contribution < 1.29 is 4.42 Å². The molecule has 2 aromatic rings. The van der Waals surface area contributed by atoms with Crippen LogP contribution in [-0.2, 0) is 6.54 Å². The van der Waals surface area contributed by atoms with E-state index < -0.39 is 0 Å². The quantitative estimate of drug-likeness (QED) is 0.651. The fourth-order valence-electron chi connectivity index (χ4n) is 2.16. The number of thioether (sulfide) groups is 1. The predicted octanol–water partition coefficient (Wildman–Crippen LogP) is 3.66. The minimum absolute atomic E-state index is 0.433. The Labute approximate surface area is 129 Å². The van der Waals surface area contributed by atoms with Gasteiger partial charge in [0.2, 0.25) is 0 Å². The summed E-state index contributed by atoms with van der Waals surface area (Å²) in [7, 11) is 0. The van der Waals surface area contributed by atoms with Gasteiger partial charge in [-0.05, 0) is 37.4 Å². The van der Waals surface area contributed by atoms with Gasteiger partial charge in [0, 0.05) is 22.7 Å². The summed E-state index contributed by atoms with van der Waals surface area (Å²) >= 11 is 6.89. The number of benzene rings is 1. The lowest BCUT2D eigenvalue weighted by Crippen LogP contribution is -2.25. The van der Waals surface area contributed by atoms with E-state index in [9.17, 15) is 0 Å². The van der Waals surface area contributed by atoms with Crippen LogP contribution in [0, 0.1) is 0 Å². The second kappa shape index (κ2) is 6.81. The zero-order valence-corrected chi connectivity index (χ0v) is 13.3. The summed E-state index contributed by atoms with van der Waals surface area (Å²) in [6, 6.07) is 10.0. The van der Waals surface area contributed by atoms with E-state index in [0.717, 1.165) is 28.5 Å². The molecule has 0 amide bonds. The summed E-state index contributed by atoms with van der Waals surface area (Å²) < 4.78 is 5.43. The van der Waals surface area contributed by atoms with Crippen molar-refractivity contribution in [3.05, 3.63) is 47.9 Å². The lowest BCUT2D eigenvalue weighted by Gasteiger charge is -2.25. The van der Waals surface area contributed by atoms with E-state index in [4.69, 9.17) is 22.4 Å². The van der Waals surface area contributed by atoms with E-state index in [1.165, 1.54) is 0 Å². The van der Waals surface area contributed by atoms with Gasteiger partial charge < -0.3 is 15.1 Å². The highest BCUT2D eigenvalue weighted by molar-refractivity contribution is 7.98. The molecule has 0 unspecified atom stereocenters. The molecule has 0 spiro atoms. The largest absolute Gasteiger partial charge is 0.467 e. The van der Waals surface area contributed by atoms with Gasteiger partial charge in [-0.25, -0.2) is 0 Å². The minimum Gasteiger partial charge on any atom is -0.467 e. The molecular formula is C15H18N2OS2. The topological polar surface area (TPSA) is 42.4 Å². The molecule has 1 aromatic carbocycles.